The third-order valence-electron chi connectivity index (χ3n) is 1.88. The molecule has 0 saturated carbocycles. The number of hydrogen-bond acceptors (Lipinski definition) is 1. The van der Waals surface area contributed by atoms with Crippen LogP contribution in [0.2, 0.25) is 0 Å². The van der Waals surface area contributed by atoms with Crippen molar-refractivity contribution in [2.45, 2.75) is 6.92 Å². The number of nitrogens with zero attached hydrogens (tertiary/aromatic N) is 2. The second-order valence-corrected chi connectivity index (χ2v) is 2.73. The van der Waals surface area contributed by atoms with Crippen LogP contribution in [0.5, 0.6) is 0 Å². The fourth-order valence-electron chi connectivity index (χ4n) is 1.23. The molecule has 1 heterocycles. The van der Waals surface area contributed by atoms with Gasteiger partial charge in [0.05, 0.1) is 6.33 Å². The molecule has 1 aromatic heterocycles. The fourth-order valence-corrected chi connectivity index (χ4v) is 1.23. The molecule has 0 saturated heterocycles. The average Bonchev–Trinajstić information content (AvgIpc) is 2.35. The van der Waals surface area contributed by atoms with Crippen LogP contribution in [0.25, 0.3) is 11.0 Å². The first-order valence-electron chi connectivity index (χ1n) is 3.57. The molecule has 2 rings (SSSR count). The number of fused-ring (bicyclic) bond motifs is 1. The Morgan fingerprint density at radius 3 is 2.83 bits per heavy atom. The van der Waals surface area contributed by atoms with Crippen LogP contribution >= 0.6 is 0 Å². The van der Waals surface area contributed by atoms with Crippen molar-refractivity contribution in [1.82, 2.24) is 9.55 Å². The molecule has 0 amide bonds. The van der Waals surface area contributed by atoms with Gasteiger partial charge in [-0.15, -0.1) is 5.56 Å². The molecule has 0 aliphatic rings. The Hall–Kier alpha value is -0.206. The van der Waals surface area contributed by atoms with Crippen molar-refractivity contribution in [2.24, 2.45) is 7.05 Å². The minimum absolute atomic E-state index is 0. The number of aryl methyl sites for hydroxylation is 2. The molecule has 2 aromatic rings. The predicted octanol–water partition coefficient (Wildman–Crippen LogP) is 1.68. The topological polar surface area (TPSA) is 17.8 Å². The summed E-state index contributed by atoms with van der Waals surface area (Å²) in [5.74, 6) is 0. The van der Waals surface area contributed by atoms with Gasteiger partial charge in [-0.25, -0.2) is 0 Å². The van der Waals surface area contributed by atoms with E-state index in [0.29, 0.717) is 0 Å². The number of aromatic nitrogens is 2. The maximum absolute atomic E-state index is 4.26. The Bertz CT molecular complexity index is 392. The summed E-state index contributed by atoms with van der Waals surface area (Å²) in [6, 6.07) is 6.98. The minimum atomic E-state index is 0. The van der Waals surface area contributed by atoms with Gasteiger partial charge < -0.3 is 4.57 Å². The van der Waals surface area contributed by atoms with Crippen LogP contribution in [-0.2, 0) is 39.8 Å². The largest absolute Gasteiger partial charge is 0.387 e. The van der Waals surface area contributed by atoms with Gasteiger partial charge in [-0.05, 0) is 11.0 Å². The van der Waals surface area contributed by atoms with Gasteiger partial charge in [0.15, 0.2) is 0 Å². The van der Waals surface area contributed by atoms with Crippen molar-refractivity contribution >= 4 is 11.0 Å². The van der Waals surface area contributed by atoms with Crippen LogP contribution in [0.4, 0.5) is 0 Å². The van der Waals surface area contributed by atoms with E-state index >= 15 is 0 Å². The number of imidazole rings is 1. The fraction of sp³-hybridized carbons (Fsp3) is 0.222. The summed E-state index contributed by atoms with van der Waals surface area (Å²) in [5, 5.41) is 0. The zero-order valence-electron chi connectivity index (χ0n) is 7.20. The smallest absolute Gasteiger partial charge is 0.0820 e. The Kier molecular flexibility index (Phi) is 3.02. The molecule has 2 nitrogen and oxygen atoms in total. The van der Waals surface area contributed by atoms with E-state index < -0.39 is 0 Å². The van der Waals surface area contributed by atoms with Gasteiger partial charge >= 0.3 is 0 Å². The molecule has 0 spiro atoms. The molecule has 12 heavy (non-hydrogen) atoms. The van der Waals surface area contributed by atoms with Crippen LogP contribution in [0.1, 0.15) is 5.56 Å². The van der Waals surface area contributed by atoms with Gasteiger partial charge in [0.2, 0.25) is 0 Å². The van der Waals surface area contributed by atoms with E-state index in [2.05, 4.69) is 11.1 Å². The molecule has 1 aromatic carbocycles. The summed E-state index contributed by atoms with van der Waals surface area (Å²) in [4.78, 5) is 4.26. The normalized spacial score (nSPS) is 9.83. The molecule has 0 bridgehead atoms. The maximum atomic E-state index is 4.26. The summed E-state index contributed by atoms with van der Waals surface area (Å²) >= 11 is 0. The van der Waals surface area contributed by atoms with Crippen LogP contribution in [-0.4, -0.2) is 9.55 Å². The minimum Gasteiger partial charge on any atom is -0.387 e. The predicted molar refractivity (Wildman–Crippen MR) is 44.3 cm³/mol. The van der Waals surface area contributed by atoms with Gasteiger partial charge in [0.1, 0.15) is 0 Å². The zero-order valence-corrected chi connectivity index (χ0v) is 10.0. The van der Waals surface area contributed by atoms with Crippen molar-refractivity contribution in [1.29, 1.82) is 0 Å². The van der Waals surface area contributed by atoms with Crippen molar-refractivity contribution < 1.29 is 32.7 Å². The Labute approximate surface area is 96.9 Å². The third-order valence-corrected chi connectivity index (χ3v) is 1.88. The van der Waals surface area contributed by atoms with E-state index in [9.17, 15) is 0 Å². The second-order valence-electron chi connectivity index (χ2n) is 2.73. The Morgan fingerprint density at radius 2 is 2.17 bits per heavy atom. The molecule has 1 radical (unpaired) electrons. The first kappa shape index (κ1) is 9.88. The van der Waals surface area contributed by atoms with Crippen LogP contribution < -0.4 is 0 Å². The summed E-state index contributed by atoms with van der Waals surface area (Å²) in [7, 11) is 1.99. The molecule has 0 aliphatic heterocycles. The molecule has 0 atom stereocenters. The SMILES string of the molecule is Cc1c[c-]cc2c1ncn2C.[Y]. The van der Waals surface area contributed by atoms with Crippen molar-refractivity contribution in [3.63, 3.8) is 0 Å². The molecule has 3 heteroatoms. The van der Waals surface area contributed by atoms with E-state index in [1.807, 2.05) is 37.0 Å². The molecular formula is C9H9N2Y-. The first-order chi connectivity index (χ1) is 5.29. The van der Waals surface area contributed by atoms with Gasteiger partial charge in [0.25, 0.3) is 0 Å². The zero-order chi connectivity index (χ0) is 7.84. The molecular weight excluding hydrogens is 225 g/mol. The maximum Gasteiger partial charge on any atom is 0.0820 e. The third kappa shape index (κ3) is 1.46. The summed E-state index contributed by atoms with van der Waals surface area (Å²) in [5.41, 5.74) is 3.40. The summed E-state index contributed by atoms with van der Waals surface area (Å²) in [6.07, 6.45) is 1.82. The average molecular weight is 234 g/mol. The van der Waals surface area contributed by atoms with Gasteiger partial charge in [-0.2, -0.15) is 18.2 Å². The number of benzene rings is 1. The van der Waals surface area contributed by atoms with Crippen molar-refractivity contribution in [3.8, 4) is 0 Å². The van der Waals surface area contributed by atoms with E-state index in [-0.39, 0.29) is 32.7 Å². The van der Waals surface area contributed by atoms with E-state index in [1.54, 1.807) is 0 Å². The first-order valence-corrected chi connectivity index (χ1v) is 3.57. The van der Waals surface area contributed by atoms with E-state index in [4.69, 9.17) is 0 Å². The Balaban J connectivity index is 0.000000720. The van der Waals surface area contributed by atoms with E-state index in [1.165, 1.54) is 5.56 Å². The number of rotatable bonds is 0. The monoisotopic (exact) mass is 234 g/mol. The van der Waals surface area contributed by atoms with E-state index in [0.717, 1.165) is 11.0 Å². The molecule has 59 valence electrons. The van der Waals surface area contributed by atoms with Gasteiger partial charge in [-0.1, -0.05) is 6.92 Å². The molecule has 0 unspecified atom stereocenters. The molecule has 0 N–H and O–H groups in total. The van der Waals surface area contributed by atoms with Gasteiger partial charge in [0, 0.05) is 39.8 Å². The van der Waals surface area contributed by atoms with Crippen molar-refractivity contribution in [3.05, 3.63) is 30.1 Å². The van der Waals surface area contributed by atoms with Crippen LogP contribution in [0.3, 0.4) is 0 Å². The Morgan fingerprint density at radius 1 is 1.42 bits per heavy atom. The molecule has 0 fully saturated rings. The summed E-state index contributed by atoms with van der Waals surface area (Å²) in [6.45, 7) is 2.05. The molecule has 0 aliphatic carbocycles. The van der Waals surface area contributed by atoms with Crippen LogP contribution in [0.15, 0.2) is 18.5 Å². The second kappa shape index (κ2) is 3.67. The van der Waals surface area contributed by atoms with Gasteiger partial charge in [-0.3, -0.25) is 4.98 Å². The standard InChI is InChI=1S/C9H9N2.Y/c1-7-4-3-5-8-9(7)10-6-11(8)2;/h4-6H,1-2H3;/q-1;. The van der Waals surface area contributed by atoms with Crippen LogP contribution in [0, 0.1) is 13.0 Å². The quantitative estimate of drug-likeness (QED) is 0.634. The number of hydrogen-bond donors (Lipinski definition) is 0. The van der Waals surface area contributed by atoms with Crippen molar-refractivity contribution in [2.75, 3.05) is 0 Å². The summed E-state index contributed by atoms with van der Waals surface area (Å²) < 4.78 is 2.00.